The molecule has 146 valence electrons. The minimum atomic E-state index is -0.0235. The van der Waals surface area contributed by atoms with E-state index in [1.54, 1.807) is 6.26 Å². The third-order valence-corrected chi connectivity index (χ3v) is 5.34. The van der Waals surface area contributed by atoms with E-state index < -0.39 is 0 Å². The fourth-order valence-electron chi connectivity index (χ4n) is 4.12. The number of nitrogens with zero attached hydrogens (tertiary/aromatic N) is 1. The molecule has 2 N–H and O–H groups in total. The van der Waals surface area contributed by atoms with E-state index in [0.29, 0.717) is 6.54 Å². The van der Waals surface area contributed by atoms with Crippen LogP contribution in [0.1, 0.15) is 56.4 Å². The van der Waals surface area contributed by atoms with Crippen LogP contribution in [0, 0.1) is 0 Å². The summed E-state index contributed by atoms with van der Waals surface area (Å²) < 4.78 is 11.9. The topological polar surface area (TPSA) is 58.8 Å². The van der Waals surface area contributed by atoms with Gasteiger partial charge in [-0.05, 0) is 50.8 Å². The second kappa shape index (κ2) is 8.99. The van der Waals surface area contributed by atoms with Gasteiger partial charge in [-0.2, -0.15) is 0 Å². The van der Waals surface area contributed by atoms with Gasteiger partial charge in [0.1, 0.15) is 23.7 Å². The second-order valence-corrected chi connectivity index (χ2v) is 7.21. The van der Waals surface area contributed by atoms with E-state index >= 15 is 0 Å². The van der Waals surface area contributed by atoms with Crippen LogP contribution >= 0.6 is 24.0 Å². The lowest BCUT2D eigenvalue weighted by molar-refractivity contribution is 0.0396. The van der Waals surface area contributed by atoms with Gasteiger partial charge in [-0.25, -0.2) is 4.99 Å². The molecular formula is C21H28IN3O2. The summed E-state index contributed by atoms with van der Waals surface area (Å²) in [6, 6.07) is 12.4. The number of fused-ring (bicyclic) bond motifs is 1. The summed E-state index contributed by atoms with van der Waals surface area (Å²) in [5.74, 6) is 2.70. The summed E-state index contributed by atoms with van der Waals surface area (Å²) >= 11 is 0. The lowest BCUT2D eigenvalue weighted by atomic mass is 9.86. The van der Waals surface area contributed by atoms with Crippen LogP contribution in [0.15, 0.2) is 52.1 Å². The molecule has 1 unspecified atom stereocenters. The maximum atomic E-state index is 6.46. The maximum absolute atomic E-state index is 6.46. The van der Waals surface area contributed by atoms with Crippen molar-refractivity contribution in [3.05, 3.63) is 54.0 Å². The summed E-state index contributed by atoms with van der Waals surface area (Å²) in [6.07, 6.45) is 7.45. The number of ether oxygens (including phenoxy) is 1. The fraction of sp³-hybridized carbons (Fsp3) is 0.476. The molecule has 1 aromatic heterocycles. The molecule has 2 aliphatic rings. The predicted octanol–water partition coefficient (Wildman–Crippen LogP) is 4.79. The van der Waals surface area contributed by atoms with Crippen LogP contribution in [0.2, 0.25) is 0 Å². The summed E-state index contributed by atoms with van der Waals surface area (Å²) in [5.41, 5.74) is 1.19. The number of benzene rings is 1. The summed E-state index contributed by atoms with van der Waals surface area (Å²) in [5, 5.41) is 7.00. The first kappa shape index (κ1) is 20.0. The SMILES string of the molecule is CCNC(=NCc1ccco1)NC1CC2(CCCC2)Oc2ccccc21.I. The Kier molecular flexibility index (Phi) is 6.68. The zero-order valence-electron chi connectivity index (χ0n) is 15.7. The summed E-state index contributed by atoms with van der Waals surface area (Å²) in [6.45, 7) is 3.43. The fourth-order valence-corrected chi connectivity index (χ4v) is 4.12. The highest BCUT2D eigenvalue weighted by Gasteiger charge is 2.43. The molecule has 2 heterocycles. The number of nitrogens with one attached hydrogen (secondary N) is 2. The van der Waals surface area contributed by atoms with Crippen LogP contribution in [0.5, 0.6) is 5.75 Å². The Morgan fingerprint density at radius 2 is 2.00 bits per heavy atom. The van der Waals surface area contributed by atoms with Gasteiger partial charge in [0.2, 0.25) is 0 Å². The Labute approximate surface area is 178 Å². The lowest BCUT2D eigenvalue weighted by Crippen LogP contribution is -2.46. The minimum absolute atomic E-state index is 0. The number of rotatable bonds is 4. The van der Waals surface area contributed by atoms with Crippen LogP contribution < -0.4 is 15.4 Å². The molecule has 1 saturated carbocycles. The van der Waals surface area contributed by atoms with E-state index in [2.05, 4.69) is 41.8 Å². The molecule has 6 heteroatoms. The van der Waals surface area contributed by atoms with Gasteiger partial charge in [0.05, 0.1) is 12.3 Å². The molecule has 1 atom stereocenters. The highest BCUT2D eigenvalue weighted by molar-refractivity contribution is 14.0. The molecule has 1 spiro atoms. The third-order valence-electron chi connectivity index (χ3n) is 5.34. The quantitative estimate of drug-likeness (QED) is 0.375. The first-order valence-electron chi connectivity index (χ1n) is 9.63. The van der Waals surface area contributed by atoms with Gasteiger partial charge < -0.3 is 19.8 Å². The maximum Gasteiger partial charge on any atom is 0.192 e. The van der Waals surface area contributed by atoms with Crippen molar-refractivity contribution in [1.82, 2.24) is 10.6 Å². The molecule has 1 aromatic carbocycles. The van der Waals surface area contributed by atoms with Crippen LogP contribution in [0.3, 0.4) is 0 Å². The molecule has 1 fully saturated rings. The number of para-hydroxylation sites is 1. The minimum Gasteiger partial charge on any atom is -0.487 e. The number of hydrogen-bond acceptors (Lipinski definition) is 3. The zero-order valence-corrected chi connectivity index (χ0v) is 18.1. The molecule has 1 aliphatic carbocycles. The highest BCUT2D eigenvalue weighted by atomic mass is 127. The first-order chi connectivity index (χ1) is 12.8. The molecular weight excluding hydrogens is 453 g/mol. The number of furan rings is 1. The van der Waals surface area contributed by atoms with E-state index in [9.17, 15) is 0 Å². The number of aliphatic imine (C=N–C) groups is 1. The van der Waals surface area contributed by atoms with Gasteiger partial charge >= 0.3 is 0 Å². The van der Waals surface area contributed by atoms with Crippen LogP contribution in [0.25, 0.3) is 0 Å². The predicted molar refractivity (Wildman–Crippen MR) is 118 cm³/mol. The largest absolute Gasteiger partial charge is 0.487 e. The number of hydrogen-bond donors (Lipinski definition) is 2. The summed E-state index contributed by atoms with van der Waals surface area (Å²) in [7, 11) is 0. The van der Waals surface area contributed by atoms with Crippen molar-refractivity contribution in [3.63, 3.8) is 0 Å². The monoisotopic (exact) mass is 481 g/mol. The molecule has 0 amide bonds. The van der Waals surface area contributed by atoms with E-state index in [1.807, 2.05) is 12.1 Å². The van der Waals surface area contributed by atoms with Crippen LogP contribution in [-0.2, 0) is 6.54 Å². The van der Waals surface area contributed by atoms with E-state index in [1.165, 1.54) is 18.4 Å². The van der Waals surface area contributed by atoms with Crippen molar-refractivity contribution < 1.29 is 9.15 Å². The second-order valence-electron chi connectivity index (χ2n) is 7.21. The van der Waals surface area contributed by atoms with Crippen molar-refractivity contribution in [2.24, 2.45) is 4.99 Å². The molecule has 0 radical (unpaired) electrons. The normalized spacial score (nSPS) is 20.5. The van der Waals surface area contributed by atoms with E-state index in [4.69, 9.17) is 14.1 Å². The highest BCUT2D eigenvalue weighted by Crippen LogP contribution is 2.46. The molecule has 1 aliphatic heterocycles. The Hall–Kier alpha value is -1.70. The van der Waals surface area contributed by atoms with Gasteiger partial charge in [0, 0.05) is 18.5 Å². The molecule has 0 saturated heterocycles. The van der Waals surface area contributed by atoms with Gasteiger partial charge in [-0.3, -0.25) is 0 Å². The summed E-state index contributed by atoms with van der Waals surface area (Å²) in [4.78, 5) is 4.70. The Morgan fingerprint density at radius 3 is 2.74 bits per heavy atom. The van der Waals surface area contributed by atoms with Crippen LogP contribution in [-0.4, -0.2) is 18.1 Å². The lowest BCUT2D eigenvalue weighted by Gasteiger charge is -2.40. The Bertz CT molecular complexity index is 755. The Balaban J connectivity index is 0.00000210. The Morgan fingerprint density at radius 1 is 1.19 bits per heavy atom. The van der Waals surface area contributed by atoms with Gasteiger partial charge in [0.15, 0.2) is 5.96 Å². The van der Waals surface area contributed by atoms with E-state index in [-0.39, 0.29) is 35.6 Å². The van der Waals surface area contributed by atoms with Gasteiger partial charge in [0.25, 0.3) is 0 Å². The van der Waals surface area contributed by atoms with Gasteiger partial charge in [-0.15, -0.1) is 24.0 Å². The van der Waals surface area contributed by atoms with E-state index in [0.717, 1.165) is 43.3 Å². The van der Waals surface area contributed by atoms with Crippen molar-refractivity contribution in [1.29, 1.82) is 0 Å². The average molecular weight is 481 g/mol. The third kappa shape index (κ3) is 4.59. The number of halogens is 1. The van der Waals surface area contributed by atoms with Crippen molar-refractivity contribution >= 4 is 29.9 Å². The molecule has 0 bridgehead atoms. The van der Waals surface area contributed by atoms with Crippen LogP contribution in [0.4, 0.5) is 0 Å². The molecule has 4 rings (SSSR count). The molecule has 27 heavy (non-hydrogen) atoms. The van der Waals surface area contributed by atoms with Crippen molar-refractivity contribution in [2.45, 2.75) is 57.2 Å². The molecule has 5 nitrogen and oxygen atoms in total. The first-order valence-corrected chi connectivity index (χ1v) is 9.63. The smallest absolute Gasteiger partial charge is 0.192 e. The van der Waals surface area contributed by atoms with Gasteiger partial charge in [-0.1, -0.05) is 18.2 Å². The van der Waals surface area contributed by atoms with Crippen molar-refractivity contribution in [2.75, 3.05) is 6.54 Å². The standard InChI is InChI=1S/C21H27N3O2.HI/c1-2-22-20(23-15-16-8-7-13-25-16)24-18-14-21(11-5-6-12-21)26-19-10-4-3-9-17(18)19;/h3-4,7-10,13,18H,2,5-6,11-12,14-15H2,1H3,(H2,22,23,24);1H. The van der Waals surface area contributed by atoms with Crippen molar-refractivity contribution in [3.8, 4) is 5.75 Å². The average Bonchev–Trinajstić information content (AvgIpc) is 3.32. The number of guanidine groups is 1. The molecule has 2 aromatic rings. The zero-order chi connectivity index (χ0) is 17.8.